The Balaban J connectivity index is 1.24. The molecule has 0 spiro atoms. The quantitative estimate of drug-likeness (QED) is 0.269. The lowest BCUT2D eigenvalue weighted by atomic mass is 10.1. The van der Waals surface area contributed by atoms with Crippen LogP contribution in [0.4, 0.5) is 5.95 Å². The second-order valence-electron chi connectivity index (χ2n) is 10.5. The molecule has 1 aliphatic rings. The third kappa shape index (κ3) is 7.08. The number of aryl methyl sites for hydroxylation is 2. The van der Waals surface area contributed by atoms with Gasteiger partial charge in [-0.15, -0.1) is 5.10 Å². The minimum atomic E-state index is -0.0714. The predicted molar refractivity (Wildman–Crippen MR) is 161 cm³/mol. The molecule has 3 heterocycles. The Morgan fingerprint density at radius 3 is 2.67 bits per heavy atom. The van der Waals surface area contributed by atoms with E-state index in [0.717, 1.165) is 65.0 Å². The molecule has 4 aromatic rings. The van der Waals surface area contributed by atoms with Crippen molar-refractivity contribution in [2.24, 2.45) is 0 Å². The summed E-state index contributed by atoms with van der Waals surface area (Å²) in [6, 6.07) is 14.1. The number of likely N-dealkylation sites (N-methyl/N-ethyl adjacent to an activating group) is 1. The topological polar surface area (TPSA) is 134 Å². The van der Waals surface area contributed by atoms with Crippen LogP contribution in [0.15, 0.2) is 48.7 Å². The molecule has 11 heteroatoms. The van der Waals surface area contributed by atoms with E-state index in [1.807, 2.05) is 69.4 Å². The molecular weight excluding hydrogens is 530 g/mol. The second kappa shape index (κ2) is 13.2. The number of hydrogen-bond acceptors (Lipinski definition) is 9. The third-order valence-corrected chi connectivity index (χ3v) is 7.17. The van der Waals surface area contributed by atoms with Gasteiger partial charge in [-0.05, 0) is 80.6 Å². The van der Waals surface area contributed by atoms with E-state index >= 15 is 0 Å². The number of nitrogens with zero attached hydrogens (tertiary/aromatic N) is 7. The van der Waals surface area contributed by atoms with Crippen LogP contribution in [0.3, 0.4) is 0 Å². The zero-order valence-electron chi connectivity index (χ0n) is 24.2. The Kier molecular flexibility index (Phi) is 9.04. The zero-order valence-corrected chi connectivity index (χ0v) is 24.2. The molecule has 0 bridgehead atoms. The number of allylic oxidation sites excluding steroid dienone is 1. The highest BCUT2D eigenvalue weighted by molar-refractivity contribution is 5.85. The van der Waals surface area contributed by atoms with Gasteiger partial charge >= 0.3 is 0 Å². The number of carbonyl (C=O) groups is 1. The number of benzene rings is 2. The number of likely N-dealkylation sites (tertiary alicyclic amines) is 1. The molecule has 2 N–H and O–H groups in total. The van der Waals surface area contributed by atoms with Gasteiger partial charge in [-0.1, -0.05) is 17.3 Å². The van der Waals surface area contributed by atoms with Gasteiger partial charge in [0.2, 0.25) is 17.7 Å². The Morgan fingerprint density at radius 2 is 1.93 bits per heavy atom. The van der Waals surface area contributed by atoms with Gasteiger partial charge in [-0.2, -0.15) is 10.2 Å². The van der Waals surface area contributed by atoms with Crippen LogP contribution in [-0.2, 0) is 17.9 Å². The summed E-state index contributed by atoms with van der Waals surface area (Å²) in [6.45, 7) is 9.12. The molecule has 42 heavy (non-hydrogen) atoms. The van der Waals surface area contributed by atoms with Crippen molar-refractivity contribution in [3.63, 3.8) is 0 Å². The number of rotatable bonds is 10. The molecule has 1 aliphatic heterocycles. The van der Waals surface area contributed by atoms with E-state index in [2.05, 4.69) is 25.8 Å². The maximum atomic E-state index is 11.8. The number of para-hydroxylation sites is 1. The van der Waals surface area contributed by atoms with E-state index in [0.29, 0.717) is 24.9 Å². The lowest BCUT2D eigenvalue weighted by molar-refractivity contribution is -0.121. The lowest BCUT2D eigenvalue weighted by Gasteiger charge is -2.31. The van der Waals surface area contributed by atoms with Gasteiger partial charge in [0.1, 0.15) is 12.3 Å². The van der Waals surface area contributed by atoms with Crippen molar-refractivity contribution >= 4 is 28.8 Å². The number of nitriles is 1. The minimum Gasteiger partial charge on any atom is -0.438 e. The summed E-state index contributed by atoms with van der Waals surface area (Å²) in [6.07, 6.45) is 6.94. The highest BCUT2D eigenvalue weighted by atomic mass is 16.5. The average molecular weight is 566 g/mol. The predicted octanol–water partition coefficient (Wildman–Crippen LogP) is 4.38. The van der Waals surface area contributed by atoms with Crippen molar-refractivity contribution in [3.05, 3.63) is 71.1 Å². The number of anilines is 1. The van der Waals surface area contributed by atoms with Crippen molar-refractivity contribution in [3.8, 4) is 17.7 Å². The number of amides is 1. The van der Waals surface area contributed by atoms with Gasteiger partial charge in [0.15, 0.2) is 0 Å². The highest BCUT2D eigenvalue weighted by Gasteiger charge is 2.22. The first-order valence-corrected chi connectivity index (χ1v) is 14.2. The molecule has 1 amide bonds. The van der Waals surface area contributed by atoms with E-state index in [1.165, 1.54) is 6.08 Å². The Hall–Kier alpha value is -4.82. The zero-order chi connectivity index (χ0) is 29.5. The van der Waals surface area contributed by atoms with Crippen LogP contribution in [0.1, 0.15) is 42.1 Å². The SMILES string of the molecule is CCNC(=O)Cn1cc(CN2CCC(Nc3nc(Oc4c(C)cc(/C=C/C#N)cc4C)c4ccccc4n3)CC2)nn1. The van der Waals surface area contributed by atoms with Crippen molar-refractivity contribution in [1.29, 1.82) is 5.26 Å². The summed E-state index contributed by atoms with van der Waals surface area (Å²) >= 11 is 0. The molecule has 0 unspecified atom stereocenters. The molecule has 1 fully saturated rings. The van der Waals surface area contributed by atoms with Gasteiger partial charge in [0, 0.05) is 38.3 Å². The van der Waals surface area contributed by atoms with Gasteiger partial charge in [-0.25, -0.2) is 9.67 Å². The molecule has 11 nitrogen and oxygen atoms in total. The van der Waals surface area contributed by atoms with Crippen LogP contribution in [0.25, 0.3) is 17.0 Å². The van der Waals surface area contributed by atoms with Gasteiger partial charge in [0.05, 0.1) is 28.9 Å². The van der Waals surface area contributed by atoms with Crippen molar-refractivity contribution in [2.75, 3.05) is 25.0 Å². The minimum absolute atomic E-state index is 0.0714. The van der Waals surface area contributed by atoms with Crippen LogP contribution in [0.5, 0.6) is 11.6 Å². The fourth-order valence-corrected chi connectivity index (χ4v) is 5.20. The summed E-state index contributed by atoms with van der Waals surface area (Å²) in [4.78, 5) is 23.7. The first-order valence-electron chi connectivity index (χ1n) is 14.2. The maximum Gasteiger partial charge on any atom is 0.241 e. The summed E-state index contributed by atoms with van der Waals surface area (Å²) in [5.41, 5.74) is 4.53. The molecule has 0 radical (unpaired) electrons. The summed E-state index contributed by atoms with van der Waals surface area (Å²) < 4.78 is 8.02. The van der Waals surface area contributed by atoms with Crippen molar-refractivity contribution in [1.82, 2.24) is 35.2 Å². The fourth-order valence-electron chi connectivity index (χ4n) is 5.20. The maximum absolute atomic E-state index is 11.8. The summed E-state index contributed by atoms with van der Waals surface area (Å²) in [5, 5.41) is 24.3. The van der Waals surface area contributed by atoms with Crippen LogP contribution >= 0.6 is 0 Å². The van der Waals surface area contributed by atoms with Crippen LogP contribution in [0.2, 0.25) is 0 Å². The number of hydrogen-bond donors (Lipinski definition) is 2. The third-order valence-electron chi connectivity index (χ3n) is 7.17. The molecule has 2 aromatic heterocycles. The molecule has 1 saturated heterocycles. The molecule has 0 aliphatic carbocycles. The van der Waals surface area contributed by atoms with E-state index in [9.17, 15) is 4.79 Å². The van der Waals surface area contributed by atoms with E-state index in [4.69, 9.17) is 20.0 Å². The van der Waals surface area contributed by atoms with Crippen LogP contribution in [0, 0.1) is 25.2 Å². The Morgan fingerprint density at radius 1 is 1.17 bits per heavy atom. The van der Waals surface area contributed by atoms with E-state index in [-0.39, 0.29) is 18.5 Å². The molecule has 0 atom stereocenters. The second-order valence-corrected chi connectivity index (χ2v) is 10.5. The standard InChI is InChI=1S/C31H35N9O2/c1-4-33-28(41)20-40-19-25(37-38-40)18-39-14-11-24(12-15-39)34-31-35-27-10-6-5-9-26(27)30(36-31)42-29-21(2)16-23(8-7-13-32)17-22(29)3/h5-10,16-17,19,24H,4,11-12,14-15,18,20H2,1-3H3,(H,33,41)(H,34,35,36)/b8-7+. The smallest absolute Gasteiger partial charge is 0.241 e. The first kappa shape index (κ1) is 28.7. The van der Waals surface area contributed by atoms with Crippen LogP contribution < -0.4 is 15.4 Å². The molecular formula is C31H35N9O2. The molecule has 0 saturated carbocycles. The van der Waals surface area contributed by atoms with E-state index < -0.39 is 0 Å². The Bertz CT molecular complexity index is 1610. The number of fused-ring (bicyclic) bond motifs is 1. The average Bonchev–Trinajstić information content (AvgIpc) is 3.41. The normalized spacial score (nSPS) is 14.2. The largest absolute Gasteiger partial charge is 0.438 e. The van der Waals surface area contributed by atoms with Crippen molar-refractivity contribution < 1.29 is 9.53 Å². The number of piperidine rings is 1. The fraction of sp³-hybridized carbons (Fsp3) is 0.355. The molecule has 2 aromatic carbocycles. The van der Waals surface area contributed by atoms with Gasteiger partial charge in [0.25, 0.3) is 0 Å². The van der Waals surface area contributed by atoms with Crippen LogP contribution in [-0.4, -0.2) is 61.4 Å². The molecule has 5 rings (SSSR count). The highest BCUT2D eigenvalue weighted by Crippen LogP contribution is 2.34. The number of aromatic nitrogens is 5. The van der Waals surface area contributed by atoms with E-state index in [1.54, 1.807) is 10.8 Å². The number of carbonyl (C=O) groups excluding carboxylic acids is 1. The first-order chi connectivity index (χ1) is 20.4. The lowest BCUT2D eigenvalue weighted by Crippen LogP contribution is -2.39. The van der Waals surface area contributed by atoms with Crippen molar-refractivity contribution in [2.45, 2.75) is 52.7 Å². The molecule has 216 valence electrons. The monoisotopic (exact) mass is 565 g/mol. The number of ether oxygens (including phenoxy) is 1. The van der Waals surface area contributed by atoms with Gasteiger partial charge in [-0.3, -0.25) is 9.69 Å². The number of nitrogens with one attached hydrogen (secondary N) is 2. The Labute approximate surface area is 245 Å². The van der Waals surface area contributed by atoms with Gasteiger partial charge < -0.3 is 15.4 Å². The summed E-state index contributed by atoms with van der Waals surface area (Å²) in [5.74, 6) is 1.72. The summed E-state index contributed by atoms with van der Waals surface area (Å²) in [7, 11) is 0.